The average molecular weight is 361 g/mol. The summed E-state index contributed by atoms with van der Waals surface area (Å²) in [5.74, 6) is 2.14. The van der Waals surface area contributed by atoms with Crippen molar-refractivity contribution >= 4 is 5.91 Å². The number of amides is 1. The highest BCUT2D eigenvalue weighted by Gasteiger charge is 2.12. The van der Waals surface area contributed by atoms with Gasteiger partial charge >= 0.3 is 0 Å². The molecule has 2 N–H and O–H groups in total. The second-order valence-corrected chi connectivity index (χ2v) is 6.09. The number of ether oxygens (including phenoxy) is 2. The van der Waals surface area contributed by atoms with E-state index in [9.17, 15) is 4.79 Å². The van der Waals surface area contributed by atoms with Crippen molar-refractivity contribution in [3.05, 3.63) is 40.8 Å². The molecule has 0 radical (unpaired) electrons. The van der Waals surface area contributed by atoms with Crippen LogP contribution < -0.4 is 20.1 Å². The summed E-state index contributed by atoms with van der Waals surface area (Å²) in [7, 11) is 1.63. The number of aryl methyl sites for hydroxylation is 2. The number of nitrogens with zero attached hydrogens (tertiary/aromatic N) is 1. The number of carbonyl (C=O) groups excluding carboxylic acids is 1. The maximum atomic E-state index is 10.8. The van der Waals surface area contributed by atoms with E-state index in [2.05, 4.69) is 15.8 Å². The largest absolute Gasteiger partial charge is 0.493 e. The van der Waals surface area contributed by atoms with Gasteiger partial charge in [0, 0.05) is 20.0 Å². The fraction of sp³-hybridized carbons (Fsp3) is 0.474. The molecule has 0 fully saturated rings. The van der Waals surface area contributed by atoms with Crippen LogP contribution in [0.1, 0.15) is 35.9 Å². The van der Waals surface area contributed by atoms with Crippen molar-refractivity contribution in [1.29, 1.82) is 0 Å². The van der Waals surface area contributed by atoms with Crippen LogP contribution in [0.25, 0.3) is 0 Å². The Hall–Kier alpha value is -2.54. The standard InChI is InChI=1S/C19H27N3O4/c1-13-17(14(2)26-22-13)12-25-18-7-6-16(10-19(18)24-4)11-20-8-5-9-21-15(3)23/h6-7,10,20H,5,8-9,11-12H2,1-4H3,(H,21,23). The van der Waals surface area contributed by atoms with Crippen LogP contribution in [-0.4, -0.2) is 31.3 Å². The van der Waals surface area contributed by atoms with Gasteiger partial charge in [0.25, 0.3) is 0 Å². The summed E-state index contributed by atoms with van der Waals surface area (Å²) in [4.78, 5) is 10.8. The van der Waals surface area contributed by atoms with Gasteiger partial charge in [-0.15, -0.1) is 0 Å². The van der Waals surface area contributed by atoms with E-state index in [1.54, 1.807) is 7.11 Å². The summed E-state index contributed by atoms with van der Waals surface area (Å²) >= 11 is 0. The highest BCUT2D eigenvalue weighted by molar-refractivity contribution is 5.72. The van der Waals surface area contributed by atoms with Gasteiger partial charge in [-0.25, -0.2) is 0 Å². The van der Waals surface area contributed by atoms with E-state index in [-0.39, 0.29) is 5.91 Å². The van der Waals surface area contributed by atoms with Crippen LogP contribution in [0.15, 0.2) is 22.7 Å². The average Bonchev–Trinajstić information content (AvgIpc) is 2.94. The van der Waals surface area contributed by atoms with Crippen LogP contribution in [0.5, 0.6) is 11.5 Å². The van der Waals surface area contributed by atoms with Crippen LogP contribution in [0, 0.1) is 13.8 Å². The maximum absolute atomic E-state index is 10.8. The minimum absolute atomic E-state index is 0.00177. The van der Waals surface area contributed by atoms with Gasteiger partial charge in [-0.2, -0.15) is 0 Å². The highest BCUT2D eigenvalue weighted by Crippen LogP contribution is 2.29. The number of carbonyl (C=O) groups is 1. The molecule has 2 aromatic rings. The molecule has 0 aliphatic heterocycles. The molecule has 0 aliphatic rings. The van der Waals surface area contributed by atoms with Crippen molar-refractivity contribution in [2.24, 2.45) is 0 Å². The van der Waals surface area contributed by atoms with E-state index in [4.69, 9.17) is 14.0 Å². The van der Waals surface area contributed by atoms with E-state index >= 15 is 0 Å². The molecular weight excluding hydrogens is 334 g/mol. The smallest absolute Gasteiger partial charge is 0.216 e. The van der Waals surface area contributed by atoms with Crippen LogP contribution in [0.3, 0.4) is 0 Å². The third kappa shape index (κ3) is 5.77. The molecule has 0 unspecified atom stereocenters. The summed E-state index contributed by atoms with van der Waals surface area (Å²) in [5, 5.41) is 10.1. The molecule has 2 rings (SSSR count). The number of hydrogen-bond donors (Lipinski definition) is 2. The molecule has 0 spiro atoms. The molecule has 1 amide bonds. The lowest BCUT2D eigenvalue weighted by Gasteiger charge is -2.13. The SMILES string of the molecule is COc1cc(CNCCCNC(C)=O)ccc1OCc1c(C)noc1C. The van der Waals surface area contributed by atoms with E-state index in [0.717, 1.165) is 42.1 Å². The van der Waals surface area contributed by atoms with E-state index < -0.39 is 0 Å². The zero-order valence-corrected chi connectivity index (χ0v) is 15.8. The van der Waals surface area contributed by atoms with Gasteiger partial charge in [0.05, 0.1) is 18.4 Å². The number of rotatable bonds is 10. The fourth-order valence-corrected chi connectivity index (χ4v) is 2.51. The number of nitrogens with one attached hydrogen (secondary N) is 2. The first-order chi connectivity index (χ1) is 12.5. The first kappa shape index (κ1) is 19.8. The highest BCUT2D eigenvalue weighted by atomic mass is 16.5. The monoisotopic (exact) mass is 361 g/mol. The molecule has 7 heteroatoms. The van der Waals surface area contributed by atoms with Gasteiger partial charge < -0.3 is 24.6 Å². The summed E-state index contributed by atoms with van der Waals surface area (Å²) in [6.07, 6.45) is 0.884. The van der Waals surface area contributed by atoms with Gasteiger partial charge in [-0.1, -0.05) is 11.2 Å². The Morgan fingerprint density at radius 3 is 2.69 bits per heavy atom. The number of hydrogen-bond acceptors (Lipinski definition) is 6. The number of methoxy groups -OCH3 is 1. The predicted octanol–water partition coefficient (Wildman–Crippen LogP) is 2.49. The lowest BCUT2D eigenvalue weighted by molar-refractivity contribution is -0.118. The molecule has 1 aromatic carbocycles. The summed E-state index contributed by atoms with van der Waals surface area (Å²) in [6.45, 7) is 7.91. The van der Waals surface area contributed by atoms with Gasteiger partial charge in [-0.05, 0) is 44.5 Å². The van der Waals surface area contributed by atoms with Crippen LogP contribution in [0.2, 0.25) is 0 Å². The zero-order chi connectivity index (χ0) is 18.9. The molecule has 0 bridgehead atoms. The van der Waals surface area contributed by atoms with E-state index in [1.807, 2.05) is 32.0 Å². The molecule has 0 aliphatic carbocycles. The first-order valence-corrected chi connectivity index (χ1v) is 8.68. The minimum Gasteiger partial charge on any atom is -0.493 e. The van der Waals surface area contributed by atoms with Crippen LogP contribution >= 0.6 is 0 Å². The van der Waals surface area contributed by atoms with Gasteiger partial charge in [0.1, 0.15) is 12.4 Å². The molecule has 0 saturated heterocycles. The maximum Gasteiger partial charge on any atom is 0.216 e. The minimum atomic E-state index is 0.00177. The summed E-state index contributed by atoms with van der Waals surface area (Å²) in [6, 6.07) is 5.88. The van der Waals surface area contributed by atoms with E-state index in [0.29, 0.717) is 24.7 Å². The number of aromatic nitrogens is 1. The molecule has 7 nitrogen and oxygen atoms in total. The van der Waals surface area contributed by atoms with Gasteiger partial charge in [0.15, 0.2) is 11.5 Å². The topological polar surface area (TPSA) is 85.6 Å². The molecule has 1 heterocycles. The zero-order valence-electron chi connectivity index (χ0n) is 15.8. The van der Waals surface area contributed by atoms with Gasteiger partial charge in [0.2, 0.25) is 5.91 Å². The molecule has 0 saturated carbocycles. The van der Waals surface area contributed by atoms with Crippen molar-refractivity contribution < 1.29 is 18.8 Å². The fourth-order valence-electron chi connectivity index (χ4n) is 2.51. The Labute approximate surface area is 154 Å². The second-order valence-electron chi connectivity index (χ2n) is 6.09. The molecule has 26 heavy (non-hydrogen) atoms. The van der Waals surface area contributed by atoms with Crippen LogP contribution in [-0.2, 0) is 17.9 Å². The van der Waals surface area contributed by atoms with Crippen molar-refractivity contribution in [2.45, 2.75) is 40.3 Å². The summed E-state index contributed by atoms with van der Waals surface area (Å²) in [5.41, 5.74) is 2.89. The second kappa shape index (κ2) is 9.82. The predicted molar refractivity (Wildman–Crippen MR) is 98.3 cm³/mol. The van der Waals surface area contributed by atoms with E-state index in [1.165, 1.54) is 6.92 Å². The number of benzene rings is 1. The van der Waals surface area contributed by atoms with Crippen molar-refractivity contribution in [1.82, 2.24) is 15.8 Å². The third-order valence-corrected chi connectivity index (χ3v) is 4.01. The Bertz CT molecular complexity index is 708. The molecular formula is C19H27N3O4. The van der Waals surface area contributed by atoms with Crippen molar-refractivity contribution in [3.63, 3.8) is 0 Å². The Morgan fingerprint density at radius 1 is 1.23 bits per heavy atom. The molecule has 142 valence electrons. The Balaban J connectivity index is 1.85. The molecule has 0 atom stereocenters. The lowest BCUT2D eigenvalue weighted by Crippen LogP contribution is -2.24. The van der Waals surface area contributed by atoms with Crippen molar-refractivity contribution in [3.8, 4) is 11.5 Å². The van der Waals surface area contributed by atoms with Crippen LogP contribution in [0.4, 0.5) is 0 Å². The Morgan fingerprint density at radius 2 is 2.04 bits per heavy atom. The third-order valence-electron chi connectivity index (χ3n) is 4.01. The summed E-state index contributed by atoms with van der Waals surface area (Å²) < 4.78 is 16.5. The first-order valence-electron chi connectivity index (χ1n) is 8.68. The quantitative estimate of drug-likeness (QED) is 0.633. The lowest BCUT2D eigenvalue weighted by atomic mass is 10.2. The van der Waals surface area contributed by atoms with Gasteiger partial charge in [-0.3, -0.25) is 4.79 Å². The Kier molecular flexibility index (Phi) is 7.47. The normalized spacial score (nSPS) is 10.6. The van der Waals surface area contributed by atoms with Crippen molar-refractivity contribution in [2.75, 3.05) is 20.2 Å². The molecule has 1 aromatic heterocycles.